The third kappa shape index (κ3) is 2.37. The third-order valence-electron chi connectivity index (χ3n) is 4.40. The van der Waals surface area contributed by atoms with E-state index >= 15 is 0 Å². The van der Waals surface area contributed by atoms with Crippen LogP contribution in [-0.4, -0.2) is 5.91 Å². The highest BCUT2D eigenvalue weighted by Crippen LogP contribution is 2.48. The number of benzene rings is 3. The number of anilines is 1. The van der Waals surface area contributed by atoms with Crippen molar-refractivity contribution in [3.8, 4) is 0 Å². The standard InChI is InChI=1S/C20H17NO/c22-20(18-13-17(18)15-7-2-1-3-8-15)21-19-12-6-10-14-9-4-5-11-16(14)19/h1-12,17-18H,13H2,(H,21,22)/t17-,18-/m0/s1. The van der Waals surface area contributed by atoms with E-state index in [0.717, 1.165) is 22.9 Å². The van der Waals surface area contributed by atoms with Gasteiger partial charge in [0.05, 0.1) is 0 Å². The lowest BCUT2D eigenvalue weighted by Crippen LogP contribution is -2.14. The first-order chi connectivity index (χ1) is 10.8. The SMILES string of the molecule is O=C(Nc1cccc2ccccc12)[C@H]1C[C@H]1c1ccccc1. The maximum atomic E-state index is 12.5. The summed E-state index contributed by atoms with van der Waals surface area (Å²) in [4.78, 5) is 12.5. The quantitative estimate of drug-likeness (QED) is 0.750. The molecule has 0 aliphatic heterocycles. The molecule has 0 radical (unpaired) electrons. The van der Waals surface area contributed by atoms with E-state index in [1.807, 2.05) is 48.5 Å². The molecule has 2 nitrogen and oxygen atoms in total. The Bertz CT molecular complexity index is 820. The molecule has 1 N–H and O–H groups in total. The van der Waals surface area contributed by atoms with Gasteiger partial charge in [-0.25, -0.2) is 0 Å². The van der Waals surface area contributed by atoms with E-state index in [0.29, 0.717) is 5.92 Å². The molecule has 22 heavy (non-hydrogen) atoms. The van der Waals surface area contributed by atoms with Crippen molar-refractivity contribution in [3.63, 3.8) is 0 Å². The summed E-state index contributed by atoms with van der Waals surface area (Å²) in [6.07, 6.45) is 0.945. The van der Waals surface area contributed by atoms with Gasteiger partial charge >= 0.3 is 0 Å². The molecule has 1 aliphatic carbocycles. The van der Waals surface area contributed by atoms with Crippen LogP contribution >= 0.6 is 0 Å². The molecule has 2 atom stereocenters. The average Bonchev–Trinajstić information content (AvgIpc) is 3.37. The predicted octanol–water partition coefficient (Wildman–Crippen LogP) is 4.58. The molecule has 1 amide bonds. The Morgan fingerprint density at radius 3 is 2.45 bits per heavy atom. The van der Waals surface area contributed by atoms with Crippen LogP contribution < -0.4 is 5.32 Å². The Kier molecular flexibility index (Phi) is 3.15. The minimum atomic E-state index is 0.0985. The van der Waals surface area contributed by atoms with Crippen molar-refractivity contribution < 1.29 is 4.79 Å². The van der Waals surface area contributed by atoms with Crippen LogP contribution in [0.3, 0.4) is 0 Å². The summed E-state index contributed by atoms with van der Waals surface area (Å²) >= 11 is 0. The number of nitrogens with one attached hydrogen (secondary N) is 1. The summed E-state index contributed by atoms with van der Waals surface area (Å²) in [5.41, 5.74) is 2.17. The summed E-state index contributed by atoms with van der Waals surface area (Å²) in [6.45, 7) is 0. The van der Waals surface area contributed by atoms with Gasteiger partial charge in [0.25, 0.3) is 0 Å². The molecule has 0 aromatic heterocycles. The van der Waals surface area contributed by atoms with Crippen LogP contribution in [0.2, 0.25) is 0 Å². The Morgan fingerprint density at radius 2 is 1.59 bits per heavy atom. The monoisotopic (exact) mass is 287 g/mol. The first-order valence-electron chi connectivity index (χ1n) is 7.66. The normalized spacial score (nSPS) is 19.8. The second-order valence-corrected chi connectivity index (χ2v) is 5.88. The van der Waals surface area contributed by atoms with E-state index in [2.05, 4.69) is 29.6 Å². The van der Waals surface area contributed by atoms with Crippen LogP contribution in [0.5, 0.6) is 0 Å². The molecular formula is C20H17NO. The first kappa shape index (κ1) is 13.1. The number of hydrogen-bond acceptors (Lipinski definition) is 1. The van der Waals surface area contributed by atoms with Gasteiger partial charge < -0.3 is 5.32 Å². The molecule has 3 aromatic carbocycles. The van der Waals surface area contributed by atoms with Crippen LogP contribution in [0.1, 0.15) is 17.9 Å². The predicted molar refractivity (Wildman–Crippen MR) is 89.9 cm³/mol. The number of carbonyl (C=O) groups is 1. The number of hydrogen-bond donors (Lipinski definition) is 1. The maximum Gasteiger partial charge on any atom is 0.228 e. The lowest BCUT2D eigenvalue weighted by molar-refractivity contribution is -0.117. The topological polar surface area (TPSA) is 29.1 Å². The summed E-state index contributed by atoms with van der Waals surface area (Å²) in [6, 6.07) is 24.4. The van der Waals surface area contributed by atoms with Crippen molar-refractivity contribution in [2.45, 2.75) is 12.3 Å². The molecule has 1 aliphatic rings. The van der Waals surface area contributed by atoms with Crippen LogP contribution in [-0.2, 0) is 4.79 Å². The fourth-order valence-electron chi connectivity index (χ4n) is 3.11. The fraction of sp³-hybridized carbons (Fsp3) is 0.150. The molecule has 0 unspecified atom stereocenters. The highest BCUT2D eigenvalue weighted by molar-refractivity contribution is 6.03. The van der Waals surface area contributed by atoms with Gasteiger partial charge in [0.1, 0.15) is 0 Å². The molecule has 1 fully saturated rings. The summed E-state index contributed by atoms with van der Waals surface area (Å²) in [5.74, 6) is 0.600. The van der Waals surface area contributed by atoms with Gasteiger partial charge in [-0.1, -0.05) is 66.7 Å². The minimum Gasteiger partial charge on any atom is -0.325 e. The van der Waals surface area contributed by atoms with Gasteiger partial charge in [0, 0.05) is 17.0 Å². The Labute approximate surface area is 129 Å². The highest BCUT2D eigenvalue weighted by atomic mass is 16.2. The van der Waals surface area contributed by atoms with E-state index in [-0.39, 0.29) is 11.8 Å². The van der Waals surface area contributed by atoms with E-state index in [9.17, 15) is 4.79 Å². The third-order valence-corrected chi connectivity index (χ3v) is 4.40. The Morgan fingerprint density at radius 1 is 0.864 bits per heavy atom. The molecule has 3 aromatic rings. The zero-order valence-corrected chi connectivity index (χ0v) is 12.2. The van der Waals surface area contributed by atoms with E-state index in [1.54, 1.807) is 0 Å². The lowest BCUT2D eigenvalue weighted by Gasteiger charge is -2.08. The number of carbonyl (C=O) groups excluding carboxylic acids is 1. The molecule has 2 heteroatoms. The number of rotatable bonds is 3. The molecule has 4 rings (SSSR count). The van der Waals surface area contributed by atoms with Gasteiger partial charge in [-0.15, -0.1) is 0 Å². The van der Waals surface area contributed by atoms with Crippen molar-refractivity contribution in [1.82, 2.24) is 0 Å². The van der Waals surface area contributed by atoms with E-state index in [1.165, 1.54) is 5.56 Å². The van der Waals surface area contributed by atoms with Crippen LogP contribution in [0.15, 0.2) is 72.8 Å². The minimum absolute atomic E-state index is 0.0985. The lowest BCUT2D eigenvalue weighted by atomic mass is 10.1. The maximum absolute atomic E-state index is 12.5. The summed E-state index contributed by atoms with van der Waals surface area (Å²) in [7, 11) is 0. The van der Waals surface area contributed by atoms with Crippen molar-refractivity contribution in [1.29, 1.82) is 0 Å². The smallest absolute Gasteiger partial charge is 0.228 e. The summed E-state index contributed by atoms with van der Waals surface area (Å²) in [5, 5.41) is 5.35. The van der Waals surface area contributed by atoms with Gasteiger partial charge in [0.2, 0.25) is 5.91 Å². The first-order valence-corrected chi connectivity index (χ1v) is 7.66. The molecule has 1 saturated carbocycles. The van der Waals surface area contributed by atoms with Gasteiger partial charge in [-0.3, -0.25) is 4.79 Å². The van der Waals surface area contributed by atoms with Gasteiger partial charge in [0.15, 0.2) is 0 Å². The molecule has 108 valence electrons. The van der Waals surface area contributed by atoms with Crippen molar-refractivity contribution in [2.75, 3.05) is 5.32 Å². The Balaban J connectivity index is 1.53. The van der Waals surface area contributed by atoms with Crippen molar-refractivity contribution in [3.05, 3.63) is 78.4 Å². The van der Waals surface area contributed by atoms with Gasteiger partial charge in [-0.2, -0.15) is 0 Å². The number of amides is 1. The second kappa shape index (κ2) is 5.30. The van der Waals surface area contributed by atoms with Gasteiger partial charge in [-0.05, 0) is 29.4 Å². The number of fused-ring (bicyclic) bond motifs is 1. The highest BCUT2D eigenvalue weighted by Gasteiger charge is 2.43. The van der Waals surface area contributed by atoms with Crippen molar-refractivity contribution >= 4 is 22.4 Å². The van der Waals surface area contributed by atoms with Crippen LogP contribution in [0, 0.1) is 5.92 Å². The zero-order chi connectivity index (χ0) is 14.9. The molecule has 0 bridgehead atoms. The van der Waals surface area contributed by atoms with Crippen molar-refractivity contribution in [2.24, 2.45) is 5.92 Å². The fourth-order valence-corrected chi connectivity index (χ4v) is 3.11. The molecule has 0 spiro atoms. The van der Waals surface area contributed by atoms with E-state index in [4.69, 9.17) is 0 Å². The second-order valence-electron chi connectivity index (χ2n) is 5.88. The van der Waals surface area contributed by atoms with Crippen LogP contribution in [0.25, 0.3) is 10.8 Å². The molecule has 0 saturated heterocycles. The average molecular weight is 287 g/mol. The molecular weight excluding hydrogens is 270 g/mol. The van der Waals surface area contributed by atoms with Crippen LogP contribution in [0.4, 0.5) is 5.69 Å². The Hall–Kier alpha value is -2.61. The summed E-state index contributed by atoms with van der Waals surface area (Å²) < 4.78 is 0. The molecule has 0 heterocycles. The van der Waals surface area contributed by atoms with E-state index < -0.39 is 0 Å². The largest absolute Gasteiger partial charge is 0.325 e. The zero-order valence-electron chi connectivity index (χ0n) is 12.2.